The van der Waals surface area contributed by atoms with Crippen LogP contribution in [0.2, 0.25) is 0 Å². The number of hydrogen-bond donors (Lipinski definition) is 0. The number of rotatable bonds is 30. The van der Waals surface area contributed by atoms with Crippen LogP contribution in [-0.4, -0.2) is 29.1 Å². The molecule has 0 saturated carbocycles. The lowest BCUT2D eigenvalue weighted by Crippen LogP contribution is -2.36. The zero-order chi connectivity index (χ0) is 27.4. The van der Waals surface area contributed by atoms with Crippen LogP contribution in [0, 0.1) is 0 Å². The van der Waals surface area contributed by atoms with Crippen LogP contribution in [0.4, 0.5) is 0 Å². The highest BCUT2D eigenvalue weighted by molar-refractivity contribution is 4.95. The fourth-order valence-corrected chi connectivity index (χ4v) is 6.11. The van der Waals surface area contributed by atoms with Crippen molar-refractivity contribution in [3.05, 3.63) is 12.4 Å². The predicted octanol–water partition coefficient (Wildman–Crippen LogP) is 12.4. The van der Waals surface area contributed by atoms with Crippen LogP contribution in [0.3, 0.4) is 0 Å². The molecular weight excluding hydrogens is 460 g/mol. The van der Waals surface area contributed by atoms with Gasteiger partial charge in [-0.2, -0.15) is 0 Å². The average Bonchev–Trinajstić information content (AvgIpc) is 3.27. The topological polar surface area (TPSA) is 6.48 Å². The Morgan fingerprint density at radius 3 is 0.789 bits per heavy atom. The largest absolute Gasteiger partial charge is 0.356 e. The van der Waals surface area contributed by atoms with E-state index in [1.54, 1.807) is 0 Å². The molecule has 1 atom stereocenters. The van der Waals surface area contributed by atoms with E-state index in [2.05, 4.69) is 43.0 Å². The molecule has 0 aromatic rings. The van der Waals surface area contributed by atoms with Crippen LogP contribution in [0.1, 0.15) is 201 Å². The molecule has 0 aliphatic carbocycles. The molecule has 0 saturated heterocycles. The van der Waals surface area contributed by atoms with Gasteiger partial charge in [-0.3, -0.25) is 0 Å². The van der Waals surface area contributed by atoms with E-state index < -0.39 is 0 Å². The summed E-state index contributed by atoms with van der Waals surface area (Å²) in [7, 11) is 0. The number of hydrogen-bond acceptors (Lipinski definition) is 2. The minimum absolute atomic E-state index is 0.568. The Balaban J connectivity index is 1.82. The van der Waals surface area contributed by atoms with E-state index in [1.165, 1.54) is 193 Å². The highest BCUT2D eigenvalue weighted by atomic mass is 15.4. The average molecular weight is 533 g/mol. The second-order valence-electron chi connectivity index (χ2n) is 12.6. The lowest BCUT2D eigenvalue weighted by atomic mass is 10.0. The molecule has 2 nitrogen and oxygen atoms in total. The Kier molecular flexibility index (Phi) is 26.0. The molecule has 0 N–H and O–H groups in total. The van der Waals surface area contributed by atoms with Gasteiger partial charge < -0.3 is 9.80 Å². The van der Waals surface area contributed by atoms with Gasteiger partial charge in [0, 0.05) is 25.5 Å². The van der Waals surface area contributed by atoms with Crippen LogP contribution in [0.5, 0.6) is 0 Å². The molecule has 2 heteroatoms. The molecule has 38 heavy (non-hydrogen) atoms. The third-order valence-corrected chi connectivity index (χ3v) is 8.95. The van der Waals surface area contributed by atoms with Crippen LogP contribution < -0.4 is 0 Å². The Labute approximate surface area is 241 Å². The zero-order valence-corrected chi connectivity index (χ0v) is 26.8. The van der Waals surface area contributed by atoms with Crippen molar-refractivity contribution in [2.24, 2.45) is 0 Å². The Hall–Kier alpha value is -0.660. The van der Waals surface area contributed by atoms with Gasteiger partial charge in [-0.1, -0.05) is 181 Å². The molecule has 0 aromatic carbocycles. The first-order valence-corrected chi connectivity index (χ1v) is 18.0. The van der Waals surface area contributed by atoms with Gasteiger partial charge in [-0.05, 0) is 19.8 Å². The van der Waals surface area contributed by atoms with Gasteiger partial charge in [0.05, 0.1) is 6.17 Å². The van der Waals surface area contributed by atoms with Crippen molar-refractivity contribution < 1.29 is 0 Å². The van der Waals surface area contributed by atoms with Crippen molar-refractivity contribution in [2.75, 3.05) is 13.1 Å². The minimum Gasteiger partial charge on any atom is -0.356 e. The van der Waals surface area contributed by atoms with E-state index in [1.807, 2.05) is 0 Å². The van der Waals surface area contributed by atoms with Gasteiger partial charge in [-0.25, -0.2) is 0 Å². The van der Waals surface area contributed by atoms with Crippen molar-refractivity contribution in [1.29, 1.82) is 0 Å². The molecule has 1 aliphatic rings. The van der Waals surface area contributed by atoms with Gasteiger partial charge in [0.2, 0.25) is 0 Å². The van der Waals surface area contributed by atoms with Crippen LogP contribution >= 0.6 is 0 Å². The first-order chi connectivity index (χ1) is 18.8. The van der Waals surface area contributed by atoms with Gasteiger partial charge in [0.1, 0.15) is 0 Å². The standard InChI is InChI=1S/C36H72N2/c1-4-6-8-10-12-14-16-18-19-21-23-25-27-29-31-33-38-35-34-37(36(38)3)32-30-28-26-24-22-20-17-15-13-11-9-7-5-2/h34-36H,4-33H2,1-3H3. The van der Waals surface area contributed by atoms with Crippen molar-refractivity contribution in [2.45, 2.75) is 207 Å². The van der Waals surface area contributed by atoms with Gasteiger partial charge in [0.15, 0.2) is 0 Å². The summed E-state index contributed by atoms with van der Waals surface area (Å²) >= 11 is 0. The maximum absolute atomic E-state index is 2.57. The summed E-state index contributed by atoms with van der Waals surface area (Å²) in [6.07, 6.45) is 45.7. The molecule has 0 fully saturated rings. The maximum Gasteiger partial charge on any atom is 0.0977 e. The Morgan fingerprint density at radius 2 is 0.553 bits per heavy atom. The van der Waals surface area contributed by atoms with Gasteiger partial charge in [0.25, 0.3) is 0 Å². The fourth-order valence-electron chi connectivity index (χ4n) is 6.11. The Bertz CT molecular complexity index is 488. The lowest BCUT2D eigenvalue weighted by Gasteiger charge is -2.30. The van der Waals surface area contributed by atoms with Gasteiger partial charge in [-0.15, -0.1) is 0 Å². The first-order valence-electron chi connectivity index (χ1n) is 18.0. The summed E-state index contributed by atoms with van der Waals surface area (Å²) < 4.78 is 0. The number of nitrogens with zero attached hydrogens (tertiary/aromatic N) is 2. The quantitative estimate of drug-likeness (QED) is 0.0848. The highest BCUT2D eigenvalue weighted by Gasteiger charge is 2.20. The SMILES string of the molecule is CCCCCCCCCCCCCCCCCN1C=CN(CCCCCCCCCCCCCCC)C1C. The van der Waals surface area contributed by atoms with Crippen molar-refractivity contribution in [3.8, 4) is 0 Å². The van der Waals surface area contributed by atoms with E-state index in [9.17, 15) is 0 Å². The summed E-state index contributed by atoms with van der Waals surface area (Å²) in [5.41, 5.74) is 0. The van der Waals surface area contributed by atoms with Crippen molar-refractivity contribution >= 4 is 0 Å². The van der Waals surface area contributed by atoms with Crippen molar-refractivity contribution in [1.82, 2.24) is 9.80 Å². The molecule has 0 aromatic heterocycles. The van der Waals surface area contributed by atoms with Crippen LogP contribution in [0.15, 0.2) is 12.4 Å². The highest BCUT2D eigenvalue weighted by Crippen LogP contribution is 2.19. The molecule has 1 rings (SSSR count). The lowest BCUT2D eigenvalue weighted by molar-refractivity contribution is 0.165. The van der Waals surface area contributed by atoms with E-state index in [0.717, 1.165) is 0 Å². The molecule has 1 unspecified atom stereocenters. The smallest absolute Gasteiger partial charge is 0.0977 e. The zero-order valence-electron chi connectivity index (χ0n) is 26.8. The molecule has 1 aliphatic heterocycles. The summed E-state index contributed by atoms with van der Waals surface area (Å²) in [6.45, 7) is 9.49. The molecule has 0 amide bonds. The molecule has 0 bridgehead atoms. The minimum atomic E-state index is 0.568. The van der Waals surface area contributed by atoms with E-state index in [-0.39, 0.29) is 0 Å². The fraction of sp³-hybridized carbons (Fsp3) is 0.944. The van der Waals surface area contributed by atoms with E-state index in [4.69, 9.17) is 0 Å². The summed E-state index contributed by atoms with van der Waals surface area (Å²) in [6, 6.07) is 0. The van der Waals surface area contributed by atoms with Crippen molar-refractivity contribution in [3.63, 3.8) is 0 Å². The normalized spacial score (nSPS) is 15.3. The third-order valence-electron chi connectivity index (χ3n) is 8.95. The van der Waals surface area contributed by atoms with E-state index in [0.29, 0.717) is 6.17 Å². The Morgan fingerprint density at radius 1 is 0.342 bits per heavy atom. The molecular formula is C36H72N2. The predicted molar refractivity (Wildman–Crippen MR) is 173 cm³/mol. The second kappa shape index (κ2) is 27.9. The van der Waals surface area contributed by atoms with E-state index >= 15 is 0 Å². The molecule has 0 spiro atoms. The van der Waals surface area contributed by atoms with Crippen LogP contribution in [-0.2, 0) is 0 Å². The number of unbranched alkanes of at least 4 members (excludes halogenated alkanes) is 26. The van der Waals surface area contributed by atoms with Crippen LogP contribution in [0.25, 0.3) is 0 Å². The summed E-state index contributed by atoms with van der Waals surface area (Å²) in [5, 5.41) is 0. The third kappa shape index (κ3) is 21.2. The summed E-state index contributed by atoms with van der Waals surface area (Å²) in [5.74, 6) is 0. The summed E-state index contributed by atoms with van der Waals surface area (Å²) in [4.78, 5) is 5.15. The monoisotopic (exact) mass is 533 g/mol. The second-order valence-corrected chi connectivity index (χ2v) is 12.6. The molecule has 0 radical (unpaired) electrons. The first kappa shape index (κ1) is 35.4. The molecule has 1 heterocycles. The van der Waals surface area contributed by atoms with Gasteiger partial charge >= 0.3 is 0 Å². The molecule has 226 valence electrons. The maximum atomic E-state index is 2.57.